The molecule has 100 valence electrons. The maximum absolute atomic E-state index is 11.0. The van der Waals surface area contributed by atoms with Crippen molar-refractivity contribution in [1.29, 1.82) is 0 Å². The van der Waals surface area contributed by atoms with Crippen LogP contribution in [0.25, 0.3) is 0 Å². The number of hydrogen-bond acceptors (Lipinski definition) is 5. The average molecular weight is 270 g/mol. The molecule has 1 unspecified atom stereocenters. The molecule has 1 aliphatic rings. The first-order valence-corrected chi connectivity index (χ1v) is 6.89. The number of hydrogen-bond donors (Lipinski definition) is 1. The van der Waals surface area contributed by atoms with Gasteiger partial charge in [-0.1, -0.05) is 11.3 Å². The molecule has 1 aromatic heterocycles. The normalized spacial score (nSPS) is 19.8. The van der Waals surface area contributed by atoms with Gasteiger partial charge in [0.15, 0.2) is 5.13 Å². The highest BCUT2D eigenvalue weighted by Crippen LogP contribution is 2.26. The Balaban J connectivity index is 2.01. The summed E-state index contributed by atoms with van der Waals surface area (Å²) in [4.78, 5) is 17.7. The van der Waals surface area contributed by atoms with Crippen LogP contribution in [0.3, 0.4) is 0 Å². The Morgan fingerprint density at radius 3 is 3.00 bits per heavy atom. The van der Waals surface area contributed by atoms with E-state index in [0.29, 0.717) is 16.5 Å². The van der Waals surface area contributed by atoms with Gasteiger partial charge in [0.2, 0.25) is 0 Å². The molecule has 0 spiro atoms. The number of nitrogens with zero attached hydrogens (tertiary/aromatic N) is 2. The van der Waals surface area contributed by atoms with Crippen molar-refractivity contribution in [3.05, 3.63) is 10.6 Å². The number of aromatic nitrogens is 1. The fraction of sp³-hybridized carbons (Fsp3) is 0.667. The van der Waals surface area contributed by atoms with E-state index in [1.807, 2.05) is 11.9 Å². The Hall–Kier alpha value is -1.14. The van der Waals surface area contributed by atoms with Crippen molar-refractivity contribution in [2.45, 2.75) is 19.8 Å². The van der Waals surface area contributed by atoms with Crippen molar-refractivity contribution in [3.63, 3.8) is 0 Å². The molecule has 2 heterocycles. The van der Waals surface area contributed by atoms with Gasteiger partial charge in [-0.25, -0.2) is 9.78 Å². The average Bonchev–Trinajstić information content (AvgIpc) is 2.73. The molecule has 1 aromatic rings. The summed E-state index contributed by atoms with van der Waals surface area (Å²) in [6.07, 6.45) is 2.27. The van der Waals surface area contributed by atoms with Gasteiger partial charge >= 0.3 is 5.97 Å². The second-order valence-electron chi connectivity index (χ2n) is 4.68. The van der Waals surface area contributed by atoms with Crippen LogP contribution in [0.15, 0.2) is 0 Å². The fourth-order valence-corrected chi connectivity index (χ4v) is 3.04. The standard InChI is InChI=1S/C12H18N2O3S/c1-8-10(11(15)16)18-12(13-8)14(2)6-9-4-3-5-17-7-9/h9H,3-7H2,1-2H3,(H,15,16). The van der Waals surface area contributed by atoms with Crippen molar-refractivity contribution in [3.8, 4) is 0 Å². The zero-order chi connectivity index (χ0) is 13.1. The first-order chi connectivity index (χ1) is 8.58. The van der Waals surface area contributed by atoms with E-state index < -0.39 is 5.97 Å². The zero-order valence-electron chi connectivity index (χ0n) is 10.7. The van der Waals surface area contributed by atoms with E-state index in [1.54, 1.807) is 6.92 Å². The molecule has 1 fully saturated rings. The predicted molar refractivity (Wildman–Crippen MR) is 70.6 cm³/mol. The van der Waals surface area contributed by atoms with Gasteiger partial charge in [0.25, 0.3) is 0 Å². The number of thiazole rings is 1. The van der Waals surface area contributed by atoms with Crippen molar-refractivity contribution in [2.24, 2.45) is 5.92 Å². The maximum atomic E-state index is 11.0. The van der Waals surface area contributed by atoms with Gasteiger partial charge in [0.05, 0.1) is 12.3 Å². The number of anilines is 1. The molecular formula is C12H18N2O3S. The molecule has 2 rings (SSSR count). The number of carbonyl (C=O) groups is 1. The molecule has 0 aromatic carbocycles. The van der Waals surface area contributed by atoms with E-state index in [9.17, 15) is 4.79 Å². The van der Waals surface area contributed by atoms with Gasteiger partial charge in [-0.3, -0.25) is 0 Å². The minimum Gasteiger partial charge on any atom is -0.477 e. The van der Waals surface area contributed by atoms with Crippen LogP contribution < -0.4 is 4.90 Å². The lowest BCUT2D eigenvalue weighted by atomic mass is 10.0. The molecule has 1 saturated heterocycles. The smallest absolute Gasteiger partial charge is 0.347 e. The first kappa shape index (κ1) is 13.3. The van der Waals surface area contributed by atoms with Crippen molar-refractivity contribution in [2.75, 3.05) is 31.7 Å². The molecule has 18 heavy (non-hydrogen) atoms. The van der Waals surface area contributed by atoms with Crippen LogP contribution in [0, 0.1) is 12.8 Å². The van der Waals surface area contributed by atoms with Gasteiger partial charge < -0.3 is 14.7 Å². The molecule has 0 amide bonds. The summed E-state index contributed by atoms with van der Waals surface area (Å²) in [5.41, 5.74) is 0.592. The van der Waals surface area contributed by atoms with Crippen LogP contribution in [-0.2, 0) is 4.74 Å². The summed E-state index contributed by atoms with van der Waals surface area (Å²) >= 11 is 1.24. The number of rotatable bonds is 4. The van der Waals surface area contributed by atoms with Gasteiger partial charge in [-0.2, -0.15) is 0 Å². The third kappa shape index (κ3) is 3.00. The summed E-state index contributed by atoms with van der Waals surface area (Å²) in [7, 11) is 1.96. The summed E-state index contributed by atoms with van der Waals surface area (Å²) in [6.45, 7) is 4.26. The summed E-state index contributed by atoms with van der Waals surface area (Å²) in [5, 5.41) is 9.79. The van der Waals surface area contributed by atoms with Crippen LogP contribution >= 0.6 is 11.3 Å². The van der Waals surface area contributed by atoms with E-state index in [2.05, 4.69) is 4.98 Å². The highest BCUT2D eigenvalue weighted by Gasteiger charge is 2.20. The lowest BCUT2D eigenvalue weighted by molar-refractivity contribution is 0.0576. The molecule has 1 N–H and O–H groups in total. The van der Waals surface area contributed by atoms with Gasteiger partial charge in [-0.05, 0) is 25.7 Å². The van der Waals surface area contributed by atoms with E-state index in [0.717, 1.165) is 31.3 Å². The first-order valence-electron chi connectivity index (χ1n) is 6.07. The topological polar surface area (TPSA) is 62.7 Å². The third-order valence-corrected chi connectivity index (χ3v) is 4.35. The fourth-order valence-electron chi connectivity index (χ4n) is 2.16. The SMILES string of the molecule is Cc1nc(N(C)CC2CCCOC2)sc1C(=O)O. The second-order valence-corrected chi connectivity index (χ2v) is 5.66. The number of aromatic carboxylic acids is 1. The second kappa shape index (κ2) is 5.67. The van der Waals surface area contributed by atoms with Crippen LogP contribution in [-0.4, -0.2) is 42.9 Å². The van der Waals surface area contributed by atoms with Crippen LogP contribution in [0.1, 0.15) is 28.2 Å². The van der Waals surface area contributed by atoms with E-state index >= 15 is 0 Å². The number of aryl methyl sites for hydroxylation is 1. The molecule has 0 saturated carbocycles. The Morgan fingerprint density at radius 1 is 1.67 bits per heavy atom. The van der Waals surface area contributed by atoms with Crippen molar-refractivity contribution in [1.82, 2.24) is 4.98 Å². The lowest BCUT2D eigenvalue weighted by Gasteiger charge is -2.26. The van der Waals surface area contributed by atoms with Gasteiger partial charge in [-0.15, -0.1) is 0 Å². The van der Waals surface area contributed by atoms with Crippen LogP contribution in [0.5, 0.6) is 0 Å². The Morgan fingerprint density at radius 2 is 2.44 bits per heavy atom. The lowest BCUT2D eigenvalue weighted by Crippen LogP contribution is -2.30. The van der Waals surface area contributed by atoms with E-state index in [-0.39, 0.29) is 0 Å². The molecule has 0 aliphatic carbocycles. The Kier molecular flexibility index (Phi) is 4.19. The number of ether oxygens (including phenoxy) is 1. The maximum Gasteiger partial charge on any atom is 0.347 e. The highest BCUT2D eigenvalue weighted by molar-refractivity contribution is 7.17. The van der Waals surface area contributed by atoms with E-state index in [4.69, 9.17) is 9.84 Å². The minimum absolute atomic E-state index is 0.330. The molecule has 1 aliphatic heterocycles. The summed E-state index contributed by atoms with van der Waals surface area (Å²) < 4.78 is 5.45. The number of carboxylic acid groups (broad SMARTS) is 1. The van der Waals surface area contributed by atoms with E-state index in [1.165, 1.54) is 17.8 Å². The monoisotopic (exact) mass is 270 g/mol. The third-order valence-electron chi connectivity index (χ3n) is 3.09. The Bertz CT molecular complexity index is 427. The molecule has 6 heteroatoms. The largest absolute Gasteiger partial charge is 0.477 e. The summed E-state index contributed by atoms with van der Waals surface area (Å²) in [5.74, 6) is -0.383. The quantitative estimate of drug-likeness (QED) is 0.906. The molecule has 1 atom stereocenters. The molecule has 0 radical (unpaired) electrons. The minimum atomic E-state index is -0.898. The van der Waals surface area contributed by atoms with Crippen LogP contribution in [0.4, 0.5) is 5.13 Å². The highest BCUT2D eigenvalue weighted by atomic mass is 32.1. The van der Waals surface area contributed by atoms with Crippen molar-refractivity contribution >= 4 is 22.4 Å². The zero-order valence-corrected chi connectivity index (χ0v) is 11.5. The summed E-state index contributed by atoms with van der Waals surface area (Å²) in [6, 6.07) is 0. The molecule has 0 bridgehead atoms. The van der Waals surface area contributed by atoms with Crippen LogP contribution in [0.2, 0.25) is 0 Å². The van der Waals surface area contributed by atoms with Gasteiger partial charge in [0.1, 0.15) is 4.88 Å². The molecule has 5 nitrogen and oxygen atoms in total. The number of carboxylic acids is 1. The van der Waals surface area contributed by atoms with Crippen molar-refractivity contribution < 1.29 is 14.6 Å². The van der Waals surface area contributed by atoms with Gasteiger partial charge in [0, 0.05) is 20.2 Å². The molecular weight excluding hydrogens is 252 g/mol. The Labute approximate surface area is 110 Å². The predicted octanol–water partition coefficient (Wildman–Crippen LogP) is 2.01.